The number of amides is 1. The van der Waals surface area contributed by atoms with Gasteiger partial charge in [0.2, 0.25) is 10.0 Å². The van der Waals surface area contributed by atoms with Gasteiger partial charge in [0.15, 0.2) is 11.5 Å². The zero-order valence-corrected chi connectivity index (χ0v) is 20.2. The molecule has 0 radical (unpaired) electrons. The monoisotopic (exact) mass is 481 g/mol. The Morgan fingerprint density at radius 3 is 2.59 bits per heavy atom. The summed E-state index contributed by atoms with van der Waals surface area (Å²) in [4.78, 5) is 12.4. The summed E-state index contributed by atoms with van der Waals surface area (Å²) >= 11 is 6.11. The van der Waals surface area contributed by atoms with E-state index in [4.69, 9.17) is 21.1 Å². The Hall–Kier alpha value is -2.78. The lowest BCUT2D eigenvalue weighted by Crippen LogP contribution is -2.39. The van der Waals surface area contributed by atoms with Crippen LogP contribution in [-0.2, 0) is 14.8 Å². The highest BCUT2D eigenvalue weighted by molar-refractivity contribution is 7.92. The summed E-state index contributed by atoms with van der Waals surface area (Å²) in [5.41, 5.74) is 3.94. The van der Waals surface area contributed by atoms with Crippen molar-refractivity contribution in [2.24, 2.45) is 5.10 Å². The summed E-state index contributed by atoms with van der Waals surface area (Å²) in [5, 5.41) is 4.34. The van der Waals surface area contributed by atoms with Gasteiger partial charge in [-0.3, -0.25) is 9.10 Å². The van der Waals surface area contributed by atoms with E-state index in [1.54, 1.807) is 43.3 Å². The lowest BCUT2D eigenvalue weighted by Gasteiger charge is -2.23. The Labute approximate surface area is 194 Å². The predicted molar refractivity (Wildman–Crippen MR) is 128 cm³/mol. The summed E-state index contributed by atoms with van der Waals surface area (Å²) < 4.78 is 36.8. The van der Waals surface area contributed by atoms with Crippen LogP contribution >= 0.6 is 11.6 Å². The van der Waals surface area contributed by atoms with E-state index in [-0.39, 0.29) is 0 Å². The topological polar surface area (TPSA) is 97.3 Å². The minimum atomic E-state index is -3.72. The van der Waals surface area contributed by atoms with Crippen molar-refractivity contribution in [3.05, 3.63) is 52.5 Å². The number of halogens is 1. The number of anilines is 1. The fourth-order valence-electron chi connectivity index (χ4n) is 2.80. The number of hydrogen-bond donors (Lipinski definition) is 1. The number of benzene rings is 2. The fourth-order valence-corrected chi connectivity index (χ4v) is 3.87. The first-order valence-corrected chi connectivity index (χ1v) is 12.3. The van der Waals surface area contributed by atoms with E-state index >= 15 is 0 Å². The van der Waals surface area contributed by atoms with Crippen LogP contribution in [0.15, 0.2) is 41.5 Å². The molecule has 0 atom stereocenters. The molecule has 0 unspecified atom stereocenters. The zero-order chi connectivity index (χ0) is 23.7. The molecule has 10 heteroatoms. The molecule has 0 aliphatic heterocycles. The molecule has 0 fully saturated rings. The summed E-state index contributed by atoms with van der Waals surface area (Å²) in [6, 6.07) is 10.2. The summed E-state index contributed by atoms with van der Waals surface area (Å²) in [6.45, 7) is 6.19. The summed E-state index contributed by atoms with van der Waals surface area (Å²) in [6.07, 6.45) is 3.35. The Bertz CT molecular complexity index is 1070. The van der Waals surface area contributed by atoms with Crippen LogP contribution in [0.25, 0.3) is 0 Å². The van der Waals surface area contributed by atoms with Crippen LogP contribution in [-0.4, -0.2) is 46.6 Å². The van der Waals surface area contributed by atoms with E-state index in [2.05, 4.69) is 10.5 Å². The van der Waals surface area contributed by atoms with E-state index in [9.17, 15) is 13.2 Å². The number of ether oxygens (including phenoxy) is 2. The van der Waals surface area contributed by atoms with Crippen molar-refractivity contribution in [1.29, 1.82) is 0 Å². The van der Waals surface area contributed by atoms with Gasteiger partial charge in [-0.25, -0.2) is 13.8 Å². The minimum absolute atomic E-state index is 0.336. The molecule has 2 aromatic rings. The molecule has 0 saturated carbocycles. The maximum absolute atomic E-state index is 12.4. The van der Waals surface area contributed by atoms with Gasteiger partial charge in [0.05, 0.1) is 31.4 Å². The Kier molecular flexibility index (Phi) is 9.34. The number of hydrazone groups is 1. The fraction of sp³-hybridized carbons (Fsp3) is 0.364. The third-order valence-electron chi connectivity index (χ3n) is 4.33. The molecule has 2 aromatic carbocycles. The van der Waals surface area contributed by atoms with Crippen LogP contribution < -0.4 is 19.2 Å². The first-order valence-electron chi connectivity index (χ1n) is 10.1. The predicted octanol–water partition coefficient (Wildman–Crippen LogP) is 3.75. The SMILES string of the molecule is CCCOc1ccc(/C=N\NC(=O)CN(c2cccc(Cl)c2C)S(C)(=O)=O)cc1OCC. The molecule has 0 heterocycles. The number of nitrogens with one attached hydrogen (secondary N) is 1. The molecule has 32 heavy (non-hydrogen) atoms. The van der Waals surface area contributed by atoms with Crippen molar-refractivity contribution in [3.8, 4) is 11.5 Å². The largest absolute Gasteiger partial charge is 0.490 e. The first-order chi connectivity index (χ1) is 15.2. The maximum Gasteiger partial charge on any atom is 0.260 e. The number of carbonyl (C=O) groups is 1. The van der Waals surface area contributed by atoms with Gasteiger partial charge in [0.25, 0.3) is 5.91 Å². The average molecular weight is 482 g/mol. The van der Waals surface area contributed by atoms with Crippen molar-refractivity contribution < 1.29 is 22.7 Å². The highest BCUT2D eigenvalue weighted by Crippen LogP contribution is 2.29. The second kappa shape index (κ2) is 11.7. The van der Waals surface area contributed by atoms with E-state index in [1.165, 1.54) is 6.21 Å². The molecular weight excluding hydrogens is 454 g/mol. The van der Waals surface area contributed by atoms with Crippen LogP contribution in [0, 0.1) is 6.92 Å². The second-order valence-corrected chi connectivity index (χ2v) is 9.25. The Morgan fingerprint density at radius 1 is 1.19 bits per heavy atom. The van der Waals surface area contributed by atoms with Crippen LogP contribution in [0.5, 0.6) is 11.5 Å². The van der Waals surface area contributed by atoms with Crippen LogP contribution in [0.2, 0.25) is 5.02 Å². The molecule has 0 aliphatic rings. The minimum Gasteiger partial charge on any atom is -0.490 e. The molecule has 0 saturated heterocycles. The molecule has 2 rings (SSSR count). The quantitative estimate of drug-likeness (QED) is 0.389. The van der Waals surface area contributed by atoms with Gasteiger partial charge in [-0.05, 0) is 61.7 Å². The Balaban J connectivity index is 2.11. The van der Waals surface area contributed by atoms with E-state index < -0.39 is 22.5 Å². The molecule has 0 aromatic heterocycles. The van der Waals surface area contributed by atoms with Gasteiger partial charge in [0, 0.05) is 5.02 Å². The highest BCUT2D eigenvalue weighted by Gasteiger charge is 2.23. The molecule has 0 spiro atoms. The standard InChI is InChI=1S/C22H28ClN3O5S/c1-5-12-31-20-11-10-17(13-21(20)30-6-2)14-24-25-22(27)15-26(32(4,28)29)19-9-7-8-18(23)16(19)3/h7-11,13-14H,5-6,12,15H2,1-4H3,(H,25,27)/b24-14-. The molecule has 0 bridgehead atoms. The number of rotatable bonds is 11. The van der Waals surface area contributed by atoms with Gasteiger partial charge in [-0.15, -0.1) is 0 Å². The van der Waals surface area contributed by atoms with Crippen LogP contribution in [0.4, 0.5) is 5.69 Å². The number of hydrogen-bond acceptors (Lipinski definition) is 6. The van der Waals surface area contributed by atoms with E-state index in [0.717, 1.165) is 17.0 Å². The number of sulfonamides is 1. The molecule has 174 valence electrons. The summed E-state index contributed by atoms with van der Waals surface area (Å²) in [5.74, 6) is 0.616. The second-order valence-electron chi connectivity index (χ2n) is 6.93. The van der Waals surface area contributed by atoms with Gasteiger partial charge in [0.1, 0.15) is 6.54 Å². The lowest BCUT2D eigenvalue weighted by molar-refractivity contribution is -0.119. The molecular formula is C22H28ClN3O5S. The van der Waals surface area contributed by atoms with Crippen molar-refractivity contribution >= 4 is 39.4 Å². The molecule has 0 aliphatic carbocycles. The van der Waals surface area contributed by atoms with Gasteiger partial charge in [-0.2, -0.15) is 5.10 Å². The van der Waals surface area contributed by atoms with E-state index in [0.29, 0.717) is 46.5 Å². The van der Waals surface area contributed by atoms with Crippen molar-refractivity contribution in [3.63, 3.8) is 0 Å². The third kappa shape index (κ3) is 7.13. The molecule has 1 amide bonds. The Morgan fingerprint density at radius 2 is 1.94 bits per heavy atom. The third-order valence-corrected chi connectivity index (χ3v) is 5.86. The molecule has 8 nitrogen and oxygen atoms in total. The maximum atomic E-state index is 12.4. The first kappa shape index (κ1) is 25.5. The van der Waals surface area contributed by atoms with Crippen LogP contribution in [0.1, 0.15) is 31.4 Å². The van der Waals surface area contributed by atoms with E-state index in [1.807, 2.05) is 13.8 Å². The van der Waals surface area contributed by atoms with Gasteiger partial charge < -0.3 is 9.47 Å². The van der Waals surface area contributed by atoms with Crippen molar-refractivity contribution in [1.82, 2.24) is 5.43 Å². The van der Waals surface area contributed by atoms with Crippen molar-refractivity contribution in [2.75, 3.05) is 30.3 Å². The van der Waals surface area contributed by atoms with Crippen molar-refractivity contribution in [2.45, 2.75) is 27.2 Å². The van der Waals surface area contributed by atoms with Gasteiger partial charge in [-0.1, -0.05) is 24.6 Å². The normalized spacial score (nSPS) is 11.4. The smallest absolute Gasteiger partial charge is 0.260 e. The number of carbonyl (C=O) groups excluding carboxylic acids is 1. The van der Waals surface area contributed by atoms with Gasteiger partial charge >= 0.3 is 0 Å². The zero-order valence-electron chi connectivity index (χ0n) is 18.6. The average Bonchev–Trinajstić information content (AvgIpc) is 2.73. The molecule has 1 N–H and O–H groups in total. The van der Waals surface area contributed by atoms with Crippen LogP contribution in [0.3, 0.4) is 0 Å². The number of nitrogens with zero attached hydrogens (tertiary/aromatic N) is 2. The highest BCUT2D eigenvalue weighted by atomic mass is 35.5. The lowest BCUT2D eigenvalue weighted by atomic mass is 10.2. The summed E-state index contributed by atoms with van der Waals surface area (Å²) in [7, 11) is -3.72.